The standard InChI is InChI=1S/C37H23N3O/c1-3-11-24(12-4-1)27-20-21-31(29-16-8-7-15-28(27)29)37-39-35(25-13-5-2-6-14-25)38-36(40-37)26-19-22-34-32(23-26)30-17-9-10-18-33(30)41-34/h1-23H. The number of benzene rings is 6. The van der Waals surface area contributed by atoms with Gasteiger partial charge in [0.1, 0.15) is 11.2 Å². The number of nitrogens with zero attached hydrogens (tertiary/aromatic N) is 3. The third-order valence-corrected chi connectivity index (χ3v) is 7.55. The monoisotopic (exact) mass is 525 g/mol. The fourth-order valence-electron chi connectivity index (χ4n) is 5.57. The number of para-hydroxylation sites is 1. The van der Waals surface area contributed by atoms with Crippen LogP contribution in [0.1, 0.15) is 0 Å². The number of rotatable bonds is 4. The average molecular weight is 526 g/mol. The Bertz CT molecular complexity index is 2200. The molecule has 0 aliphatic rings. The summed E-state index contributed by atoms with van der Waals surface area (Å²) >= 11 is 0. The summed E-state index contributed by atoms with van der Waals surface area (Å²) in [5.74, 6) is 1.90. The third-order valence-electron chi connectivity index (χ3n) is 7.55. The summed E-state index contributed by atoms with van der Waals surface area (Å²) in [6.45, 7) is 0. The quantitative estimate of drug-likeness (QED) is 0.230. The third kappa shape index (κ3) is 4.05. The van der Waals surface area contributed by atoms with E-state index < -0.39 is 0 Å². The SMILES string of the molecule is c1ccc(-c2nc(-c3ccc4oc5ccccc5c4c3)nc(-c3ccc(-c4ccccc4)c4ccccc34)n2)cc1. The smallest absolute Gasteiger partial charge is 0.164 e. The van der Waals surface area contributed by atoms with Crippen molar-refractivity contribution in [3.8, 4) is 45.3 Å². The minimum absolute atomic E-state index is 0.622. The van der Waals surface area contributed by atoms with Gasteiger partial charge < -0.3 is 4.42 Å². The maximum atomic E-state index is 6.07. The van der Waals surface area contributed by atoms with Gasteiger partial charge in [-0.1, -0.05) is 109 Å². The molecule has 0 unspecified atom stereocenters. The molecular weight excluding hydrogens is 502 g/mol. The van der Waals surface area contributed by atoms with Crippen molar-refractivity contribution in [1.29, 1.82) is 0 Å². The maximum Gasteiger partial charge on any atom is 0.164 e. The van der Waals surface area contributed by atoms with Gasteiger partial charge >= 0.3 is 0 Å². The van der Waals surface area contributed by atoms with E-state index in [-0.39, 0.29) is 0 Å². The van der Waals surface area contributed by atoms with Gasteiger partial charge in [-0.05, 0) is 52.2 Å². The first-order valence-corrected chi connectivity index (χ1v) is 13.6. The van der Waals surface area contributed by atoms with Crippen molar-refractivity contribution in [2.75, 3.05) is 0 Å². The van der Waals surface area contributed by atoms with Gasteiger partial charge in [0.15, 0.2) is 17.5 Å². The minimum atomic E-state index is 0.622. The summed E-state index contributed by atoms with van der Waals surface area (Å²) < 4.78 is 6.07. The molecule has 192 valence electrons. The van der Waals surface area contributed by atoms with Crippen molar-refractivity contribution in [3.05, 3.63) is 140 Å². The molecule has 2 heterocycles. The lowest BCUT2D eigenvalue weighted by atomic mass is 9.94. The van der Waals surface area contributed by atoms with Gasteiger partial charge in [0.25, 0.3) is 0 Å². The Kier molecular flexibility index (Phi) is 5.42. The van der Waals surface area contributed by atoms with Crippen LogP contribution in [0, 0.1) is 0 Å². The van der Waals surface area contributed by atoms with E-state index in [1.807, 2.05) is 66.7 Å². The molecule has 8 rings (SSSR count). The summed E-state index contributed by atoms with van der Waals surface area (Å²) in [6.07, 6.45) is 0. The van der Waals surface area contributed by atoms with Crippen molar-refractivity contribution < 1.29 is 4.42 Å². The van der Waals surface area contributed by atoms with Crippen LogP contribution in [0.5, 0.6) is 0 Å². The van der Waals surface area contributed by atoms with Gasteiger partial charge in [-0.25, -0.2) is 15.0 Å². The van der Waals surface area contributed by atoms with E-state index >= 15 is 0 Å². The second-order valence-electron chi connectivity index (χ2n) is 10.1. The van der Waals surface area contributed by atoms with E-state index in [1.54, 1.807) is 0 Å². The summed E-state index contributed by atoms with van der Waals surface area (Å²) in [5, 5.41) is 4.37. The lowest BCUT2D eigenvalue weighted by molar-refractivity contribution is 0.669. The number of furan rings is 1. The molecule has 6 aromatic carbocycles. The zero-order valence-corrected chi connectivity index (χ0v) is 22.0. The van der Waals surface area contributed by atoms with E-state index in [4.69, 9.17) is 19.4 Å². The van der Waals surface area contributed by atoms with E-state index in [2.05, 4.69) is 72.8 Å². The van der Waals surface area contributed by atoms with Crippen LogP contribution in [0.15, 0.2) is 144 Å². The highest BCUT2D eigenvalue weighted by Gasteiger charge is 2.17. The van der Waals surface area contributed by atoms with Crippen LogP contribution < -0.4 is 0 Å². The molecular formula is C37H23N3O. The lowest BCUT2D eigenvalue weighted by Crippen LogP contribution is -2.00. The van der Waals surface area contributed by atoms with Crippen molar-refractivity contribution in [2.45, 2.75) is 0 Å². The van der Waals surface area contributed by atoms with Crippen LogP contribution in [0.4, 0.5) is 0 Å². The fourth-order valence-corrected chi connectivity index (χ4v) is 5.57. The number of aromatic nitrogens is 3. The Balaban J connectivity index is 1.36. The summed E-state index contributed by atoms with van der Waals surface area (Å²) in [6, 6.07) is 47.6. The van der Waals surface area contributed by atoms with Gasteiger partial charge in [0.2, 0.25) is 0 Å². The van der Waals surface area contributed by atoms with Gasteiger partial charge in [0, 0.05) is 27.5 Å². The van der Waals surface area contributed by atoms with Gasteiger partial charge in [-0.2, -0.15) is 0 Å². The lowest BCUT2D eigenvalue weighted by Gasteiger charge is -2.13. The molecule has 4 nitrogen and oxygen atoms in total. The van der Waals surface area contributed by atoms with E-state index in [0.717, 1.165) is 49.4 Å². The highest BCUT2D eigenvalue weighted by molar-refractivity contribution is 6.06. The number of hydrogen-bond donors (Lipinski definition) is 0. The molecule has 0 aliphatic carbocycles. The Labute approximate surface area is 236 Å². The van der Waals surface area contributed by atoms with Gasteiger partial charge in [0.05, 0.1) is 0 Å². The van der Waals surface area contributed by atoms with E-state index in [0.29, 0.717) is 17.5 Å². The molecule has 4 heteroatoms. The molecule has 0 atom stereocenters. The van der Waals surface area contributed by atoms with Crippen LogP contribution in [0.25, 0.3) is 78.0 Å². The Morgan fingerprint density at radius 1 is 0.341 bits per heavy atom. The topological polar surface area (TPSA) is 51.8 Å². The Morgan fingerprint density at radius 3 is 1.63 bits per heavy atom. The number of hydrogen-bond acceptors (Lipinski definition) is 4. The molecule has 0 aliphatic heterocycles. The van der Waals surface area contributed by atoms with Crippen LogP contribution >= 0.6 is 0 Å². The van der Waals surface area contributed by atoms with Crippen molar-refractivity contribution in [1.82, 2.24) is 15.0 Å². The highest BCUT2D eigenvalue weighted by atomic mass is 16.3. The predicted molar refractivity (Wildman–Crippen MR) is 166 cm³/mol. The first kappa shape index (κ1) is 23.3. The van der Waals surface area contributed by atoms with Crippen molar-refractivity contribution >= 4 is 32.7 Å². The van der Waals surface area contributed by atoms with E-state index in [1.165, 1.54) is 11.1 Å². The molecule has 8 aromatic rings. The molecule has 2 aromatic heterocycles. The van der Waals surface area contributed by atoms with Gasteiger partial charge in [-0.3, -0.25) is 0 Å². The molecule has 0 fully saturated rings. The first-order chi connectivity index (χ1) is 20.3. The van der Waals surface area contributed by atoms with Crippen LogP contribution in [-0.2, 0) is 0 Å². The molecule has 0 spiro atoms. The van der Waals surface area contributed by atoms with Gasteiger partial charge in [-0.15, -0.1) is 0 Å². The predicted octanol–water partition coefficient (Wildman–Crippen LogP) is 9.59. The maximum absolute atomic E-state index is 6.07. The molecule has 0 saturated carbocycles. The summed E-state index contributed by atoms with van der Waals surface area (Å²) in [5.41, 5.74) is 6.89. The van der Waals surface area contributed by atoms with Crippen molar-refractivity contribution in [3.63, 3.8) is 0 Å². The summed E-state index contributed by atoms with van der Waals surface area (Å²) in [4.78, 5) is 15.0. The molecule has 0 N–H and O–H groups in total. The van der Waals surface area contributed by atoms with Crippen LogP contribution in [-0.4, -0.2) is 15.0 Å². The zero-order chi connectivity index (χ0) is 27.2. The van der Waals surface area contributed by atoms with Crippen LogP contribution in [0.3, 0.4) is 0 Å². The highest BCUT2D eigenvalue weighted by Crippen LogP contribution is 2.36. The van der Waals surface area contributed by atoms with Crippen molar-refractivity contribution in [2.24, 2.45) is 0 Å². The Hall–Kier alpha value is -5.61. The molecule has 0 radical (unpaired) electrons. The van der Waals surface area contributed by atoms with Crippen LogP contribution in [0.2, 0.25) is 0 Å². The Morgan fingerprint density at radius 2 is 0.878 bits per heavy atom. The first-order valence-electron chi connectivity index (χ1n) is 13.6. The second kappa shape index (κ2) is 9.54. The molecule has 0 saturated heterocycles. The molecule has 0 amide bonds. The average Bonchev–Trinajstić information content (AvgIpc) is 3.43. The minimum Gasteiger partial charge on any atom is -0.456 e. The fraction of sp³-hybridized carbons (Fsp3) is 0. The number of fused-ring (bicyclic) bond motifs is 4. The largest absolute Gasteiger partial charge is 0.456 e. The molecule has 41 heavy (non-hydrogen) atoms. The van der Waals surface area contributed by atoms with E-state index in [9.17, 15) is 0 Å². The summed E-state index contributed by atoms with van der Waals surface area (Å²) in [7, 11) is 0. The zero-order valence-electron chi connectivity index (χ0n) is 22.0. The second-order valence-corrected chi connectivity index (χ2v) is 10.1. The normalized spacial score (nSPS) is 11.4. The molecule has 0 bridgehead atoms.